The van der Waals surface area contributed by atoms with Gasteiger partial charge < -0.3 is 10.6 Å². The van der Waals surface area contributed by atoms with Crippen LogP contribution in [0.15, 0.2) is 6.07 Å². The molecule has 0 aromatic carbocycles. The van der Waals surface area contributed by atoms with E-state index in [1.807, 2.05) is 0 Å². The number of anilines is 2. The molecule has 16 heavy (non-hydrogen) atoms. The van der Waals surface area contributed by atoms with Crippen LogP contribution in [0, 0.1) is 0 Å². The Morgan fingerprint density at radius 3 is 2.50 bits per heavy atom. The van der Waals surface area contributed by atoms with Gasteiger partial charge in [0.05, 0.1) is 10.0 Å². The maximum absolute atomic E-state index is 6.07. The van der Waals surface area contributed by atoms with Crippen LogP contribution in [0.25, 0.3) is 0 Å². The van der Waals surface area contributed by atoms with Gasteiger partial charge in [-0.25, -0.2) is 4.98 Å². The zero-order valence-corrected chi connectivity index (χ0v) is 11.3. The summed E-state index contributed by atoms with van der Waals surface area (Å²) in [5, 5.41) is 7.27. The second-order valence-corrected chi connectivity index (χ2v) is 4.55. The lowest BCUT2D eigenvalue weighted by Crippen LogP contribution is -2.16. The second kappa shape index (κ2) is 6.16. The Kier molecular flexibility index (Phi) is 5.16. The topological polar surface area (TPSA) is 37.0 Å². The molecule has 0 bridgehead atoms. The Hall–Kier alpha value is -0.670. The standard InChI is InChI=1S/C11H17Cl2N3/c1-4-5-7(2)15-11-9(13)6-8(12)10(14-3)16-11/h6-7H,4-5H2,1-3H3,(H2,14,15,16). The van der Waals surface area contributed by atoms with Gasteiger partial charge in [0.25, 0.3) is 0 Å². The van der Waals surface area contributed by atoms with Gasteiger partial charge in [0.1, 0.15) is 11.6 Å². The van der Waals surface area contributed by atoms with Gasteiger partial charge in [-0.15, -0.1) is 0 Å². The van der Waals surface area contributed by atoms with Gasteiger partial charge in [-0.1, -0.05) is 36.5 Å². The molecule has 1 atom stereocenters. The summed E-state index contributed by atoms with van der Waals surface area (Å²) in [5.74, 6) is 1.31. The largest absolute Gasteiger partial charge is 0.372 e. The van der Waals surface area contributed by atoms with Crippen LogP contribution in [0.4, 0.5) is 11.6 Å². The average molecular weight is 262 g/mol. The third-order valence-corrected chi connectivity index (χ3v) is 2.85. The Bertz CT molecular complexity index is 355. The number of nitrogens with zero attached hydrogens (tertiary/aromatic N) is 1. The predicted molar refractivity (Wildman–Crippen MR) is 71.8 cm³/mol. The summed E-state index contributed by atoms with van der Waals surface area (Å²) in [6.07, 6.45) is 2.20. The van der Waals surface area contributed by atoms with E-state index in [9.17, 15) is 0 Å². The minimum Gasteiger partial charge on any atom is -0.372 e. The smallest absolute Gasteiger partial charge is 0.147 e. The minimum atomic E-state index is 0.348. The Morgan fingerprint density at radius 2 is 1.94 bits per heavy atom. The molecular weight excluding hydrogens is 245 g/mol. The van der Waals surface area contributed by atoms with Crippen LogP contribution >= 0.6 is 23.2 Å². The molecule has 90 valence electrons. The first kappa shape index (κ1) is 13.4. The Morgan fingerprint density at radius 1 is 1.31 bits per heavy atom. The fourth-order valence-corrected chi connectivity index (χ4v) is 1.99. The molecule has 0 saturated carbocycles. The summed E-state index contributed by atoms with van der Waals surface area (Å²) in [6.45, 7) is 4.25. The van der Waals surface area contributed by atoms with Crippen molar-refractivity contribution < 1.29 is 0 Å². The van der Waals surface area contributed by atoms with Crippen LogP contribution in [-0.2, 0) is 0 Å². The van der Waals surface area contributed by atoms with Crippen LogP contribution in [0.2, 0.25) is 10.0 Å². The summed E-state index contributed by atoms with van der Waals surface area (Å²) in [7, 11) is 1.78. The quantitative estimate of drug-likeness (QED) is 0.841. The molecule has 3 nitrogen and oxygen atoms in total. The van der Waals surface area contributed by atoms with E-state index in [1.54, 1.807) is 13.1 Å². The van der Waals surface area contributed by atoms with Gasteiger partial charge in [0.2, 0.25) is 0 Å². The molecule has 1 unspecified atom stereocenters. The van der Waals surface area contributed by atoms with Gasteiger partial charge >= 0.3 is 0 Å². The normalized spacial score (nSPS) is 12.3. The number of aromatic nitrogens is 1. The lowest BCUT2D eigenvalue weighted by Gasteiger charge is -2.16. The van der Waals surface area contributed by atoms with E-state index in [1.165, 1.54) is 0 Å². The van der Waals surface area contributed by atoms with Gasteiger partial charge in [-0.3, -0.25) is 0 Å². The monoisotopic (exact) mass is 261 g/mol. The van der Waals surface area contributed by atoms with E-state index in [4.69, 9.17) is 23.2 Å². The van der Waals surface area contributed by atoms with E-state index in [0.717, 1.165) is 12.8 Å². The second-order valence-electron chi connectivity index (χ2n) is 3.73. The predicted octanol–water partition coefficient (Wildman–Crippen LogP) is 4.03. The SMILES string of the molecule is CCCC(C)Nc1nc(NC)c(Cl)cc1Cl. The van der Waals surface area contributed by atoms with Crippen LogP contribution in [0.1, 0.15) is 26.7 Å². The van der Waals surface area contributed by atoms with Crippen molar-refractivity contribution in [1.29, 1.82) is 0 Å². The summed E-state index contributed by atoms with van der Waals surface area (Å²) >= 11 is 12.0. The first-order chi connectivity index (χ1) is 7.58. The number of nitrogens with one attached hydrogen (secondary N) is 2. The molecule has 0 aliphatic heterocycles. The number of hydrogen-bond acceptors (Lipinski definition) is 3. The Labute approximate surface area is 107 Å². The van der Waals surface area contributed by atoms with Crippen LogP contribution in [-0.4, -0.2) is 18.1 Å². The lowest BCUT2D eigenvalue weighted by molar-refractivity contribution is 0.688. The molecular formula is C11H17Cl2N3. The molecule has 1 rings (SSSR count). The van der Waals surface area contributed by atoms with Gasteiger partial charge in [0, 0.05) is 13.1 Å². The molecule has 1 aromatic heterocycles. The molecule has 0 aliphatic carbocycles. The molecule has 1 heterocycles. The number of halogens is 2. The van der Waals surface area contributed by atoms with E-state index in [-0.39, 0.29) is 0 Å². The summed E-state index contributed by atoms with van der Waals surface area (Å²) < 4.78 is 0. The van der Waals surface area contributed by atoms with Crippen molar-refractivity contribution in [3.05, 3.63) is 16.1 Å². The van der Waals surface area contributed by atoms with E-state index >= 15 is 0 Å². The zero-order chi connectivity index (χ0) is 12.1. The van der Waals surface area contributed by atoms with Gasteiger partial charge in [-0.05, 0) is 19.4 Å². The van der Waals surface area contributed by atoms with Crippen molar-refractivity contribution in [1.82, 2.24) is 4.98 Å². The summed E-state index contributed by atoms with van der Waals surface area (Å²) in [5.41, 5.74) is 0. The molecule has 0 amide bonds. The van der Waals surface area contributed by atoms with E-state index < -0.39 is 0 Å². The third kappa shape index (κ3) is 3.42. The van der Waals surface area contributed by atoms with Gasteiger partial charge in [-0.2, -0.15) is 0 Å². The van der Waals surface area contributed by atoms with Crippen molar-refractivity contribution >= 4 is 34.8 Å². The van der Waals surface area contributed by atoms with Crippen LogP contribution in [0.3, 0.4) is 0 Å². The van der Waals surface area contributed by atoms with Crippen molar-refractivity contribution in [2.75, 3.05) is 17.7 Å². The highest BCUT2D eigenvalue weighted by Crippen LogP contribution is 2.29. The molecule has 1 aromatic rings. The minimum absolute atomic E-state index is 0.348. The highest BCUT2D eigenvalue weighted by atomic mass is 35.5. The van der Waals surface area contributed by atoms with Crippen LogP contribution < -0.4 is 10.6 Å². The molecule has 0 saturated heterocycles. The molecule has 0 fully saturated rings. The number of hydrogen-bond donors (Lipinski definition) is 2. The summed E-state index contributed by atoms with van der Waals surface area (Å²) in [4.78, 5) is 4.33. The van der Waals surface area contributed by atoms with Crippen molar-refractivity contribution in [2.24, 2.45) is 0 Å². The number of rotatable bonds is 5. The molecule has 2 N–H and O–H groups in total. The van der Waals surface area contributed by atoms with Crippen molar-refractivity contribution in [3.8, 4) is 0 Å². The maximum atomic E-state index is 6.07. The summed E-state index contributed by atoms with van der Waals surface area (Å²) in [6, 6.07) is 2.05. The zero-order valence-electron chi connectivity index (χ0n) is 9.77. The first-order valence-electron chi connectivity index (χ1n) is 5.38. The first-order valence-corrected chi connectivity index (χ1v) is 6.14. The van der Waals surface area contributed by atoms with E-state index in [2.05, 4.69) is 29.5 Å². The number of pyridine rings is 1. The highest BCUT2D eigenvalue weighted by Gasteiger charge is 2.10. The molecule has 0 radical (unpaired) electrons. The Balaban J connectivity index is 2.87. The fraction of sp³-hybridized carbons (Fsp3) is 0.545. The van der Waals surface area contributed by atoms with Gasteiger partial charge in [0.15, 0.2) is 0 Å². The highest BCUT2D eigenvalue weighted by molar-refractivity contribution is 6.37. The fourth-order valence-electron chi connectivity index (χ4n) is 1.48. The third-order valence-electron chi connectivity index (χ3n) is 2.27. The van der Waals surface area contributed by atoms with Crippen LogP contribution in [0.5, 0.6) is 0 Å². The van der Waals surface area contributed by atoms with Crippen molar-refractivity contribution in [3.63, 3.8) is 0 Å². The molecule has 5 heteroatoms. The maximum Gasteiger partial charge on any atom is 0.147 e. The van der Waals surface area contributed by atoms with Crippen molar-refractivity contribution in [2.45, 2.75) is 32.7 Å². The lowest BCUT2D eigenvalue weighted by atomic mass is 10.2. The van der Waals surface area contributed by atoms with E-state index in [0.29, 0.717) is 27.7 Å². The molecule has 0 spiro atoms. The average Bonchev–Trinajstić information content (AvgIpc) is 2.22. The molecule has 0 aliphatic rings.